The molecule has 1 N–H and O–H groups in total. The van der Waals surface area contributed by atoms with Crippen LogP contribution in [0.1, 0.15) is 24.1 Å². The van der Waals surface area contributed by atoms with E-state index in [9.17, 15) is 14.4 Å². The minimum absolute atomic E-state index is 0.0823. The molecule has 2 aliphatic rings. The number of H-pyrrole nitrogens is 1. The molecule has 0 radical (unpaired) electrons. The number of amides is 2. The molecular formula is C24H31N5O3. The number of nitrogens with one attached hydrogen (secondary N) is 1. The average Bonchev–Trinajstić information content (AvgIpc) is 3.03. The number of piperazine rings is 1. The van der Waals surface area contributed by atoms with E-state index in [0.29, 0.717) is 69.8 Å². The largest absolute Gasteiger partial charge is 0.348 e. The Morgan fingerprint density at radius 1 is 1.06 bits per heavy atom. The van der Waals surface area contributed by atoms with E-state index in [1.807, 2.05) is 35.2 Å². The summed E-state index contributed by atoms with van der Waals surface area (Å²) in [6.45, 7) is 3.09. The van der Waals surface area contributed by atoms with Crippen LogP contribution >= 0.6 is 0 Å². The molecule has 8 heteroatoms. The van der Waals surface area contributed by atoms with Crippen molar-refractivity contribution in [3.63, 3.8) is 0 Å². The van der Waals surface area contributed by atoms with Crippen molar-refractivity contribution in [2.75, 3.05) is 46.8 Å². The Morgan fingerprint density at radius 3 is 2.44 bits per heavy atom. The highest BCUT2D eigenvalue weighted by Crippen LogP contribution is 2.25. The Hall–Kier alpha value is -3.00. The first-order valence-corrected chi connectivity index (χ1v) is 11.3. The van der Waals surface area contributed by atoms with E-state index in [4.69, 9.17) is 4.98 Å². The van der Waals surface area contributed by atoms with E-state index in [2.05, 4.69) is 9.88 Å². The van der Waals surface area contributed by atoms with E-state index >= 15 is 0 Å². The van der Waals surface area contributed by atoms with Crippen molar-refractivity contribution in [1.29, 1.82) is 0 Å². The zero-order valence-corrected chi connectivity index (χ0v) is 18.8. The van der Waals surface area contributed by atoms with Crippen molar-refractivity contribution in [2.45, 2.75) is 25.7 Å². The first-order valence-electron chi connectivity index (χ1n) is 11.3. The molecule has 2 heterocycles. The van der Waals surface area contributed by atoms with Crippen molar-refractivity contribution in [3.05, 3.63) is 51.9 Å². The van der Waals surface area contributed by atoms with Crippen molar-refractivity contribution in [3.8, 4) is 11.4 Å². The number of aromatic amines is 1. The van der Waals surface area contributed by atoms with Crippen LogP contribution in [0.2, 0.25) is 0 Å². The first-order chi connectivity index (χ1) is 15.4. The van der Waals surface area contributed by atoms with E-state index in [-0.39, 0.29) is 23.3 Å². The molecule has 1 aromatic carbocycles. The van der Waals surface area contributed by atoms with Crippen LogP contribution in [0.3, 0.4) is 0 Å². The summed E-state index contributed by atoms with van der Waals surface area (Å²) >= 11 is 0. The third-order valence-electron chi connectivity index (χ3n) is 6.51. The number of likely N-dealkylation sites (N-methyl/N-ethyl adjacent to an activating group) is 1. The third-order valence-corrected chi connectivity index (χ3v) is 6.51. The Morgan fingerprint density at radius 2 is 1.75 bits per heavy atom. The molecule has 1 aromatic heterocycles. The zero-order chi connectivity index (χ0) is 22.7. The molecule has 0 saturated carbocycles. The number of hydrogen-bond donors (Lipinski definition) is 1. The third kappa shape index (κ3) is 4.91. The maximum Gasteiger partial charge on any atom is 0.254 e. The molecule has 0 bridgehead atoms. The van der Waals surface area contributed by atoms with Gasteiger partial charge >= 0.3 is 0 Å². The summed E-state index contributed by atoms with van der Waals surface area (Å²) in [6, 6.07) is 9.64. The maximum atomic E-state index is 13.2. The lowest BCUT2D eigenvalue weighted by Gasteiger charge is -2.36. The molecule has 1 saturated heterocycles. The summed E-state index contributed by atoms with van der Waals surface area (Å²) in [7, 11) is 3.52. The van der Waals surface area contributed by atoms with Gasteiger partial charge in [0.15, 0.2) is 0 Å². The molecule has 1 aliphatic heterocycles. The SMILES string of the molecule is CN(C)C(=O)CN1CCN(C(=O)C2CCc3nc(-c4ccccc4)[nH]c(=O)c3CC2)CC1. The Labute approximate surface area is 188 Å². The van der Waals surface area contributed by atoms with Gasteiger partial charge in [0.25, 0.3) is 5.56 Å². The van der Waals surface area contributed by atoms with Gasteiger partial charge in [-0.15, -0.1) is 0 Å². The number of fused-ring (bicyclic) bond motifs is 1. The molecule has 32 heavy (non-hydrogen) atoms. The first kappa shape index (κ1) is 22.2. The Balaban J connectivity index is 1.39. The van der Waals surface area contributed by atoms with Gasteiger partial charge in [-0.05, 0) is 25.7 Å². The average molecular weight is 438 g/mol. The molecule has 2 aromatic rings. The number of benzene rings is 1. The zero-order valence-electron chi connectivity index (χ0n) is 18.8. The summed E-state index contributed by atoms with van der Waals surface area (Å²) in [5.41, 5.74) is 2.32. The standard InChI is InChI=1S/C24H31N5O3/c1-27(2)21(30)16-28-12-14-29(15-13-28)24(32)18-8-10-19-20(11-9-18)25-22(26-23(19)31)17-6-4-3-5-7-17/h3-7,18H,8-16H2,1-2H3,(H,25,26,31). The quantitative estimate of drug-likeness (QED) is 0.726. The topological polar surface area (TPSA) is 89.6 Å². The second-order valence-electron chi connectivity index (χ2n) is 8.87. The normalized spacial score (nSPS) is 19.2. The molecule has 0 spiro atoms. The fourth-order valence-corrected chi connectivity index (χ4v) is 4.48. The maximum absolute atomic E-state index is 13.2. The van der Waals surface area contributed by atoms with Gasteiger partial charge in [0, 0.05) is 57.3 Å². The van der Waals surface area contributed by atoms with Gasteiger partial charge in [0.2, 0.25) is 11.8 Å². The number of carbonyl (C=O) groups excluding carboxylic acids is 2. The summed E-state index contributed by atoms with van der Waals surface area (Å²) in [4.78, 5) is 51.1. The molecule has 4 rings (SSSR count). The predicted octanol–water partition coefficient (Wildman–Crippen LogP) is 1.16. The second-order valence-corrected chi connectivity index (χ2v) is 8.87. The molecule has 8 nitrogen and oxygen atoms in total. The van der Waals surface area contributed by atoms with Crippen LogP contribution in [0.4, 0.5) is 0 Å². The summed E-state index contributed by atoms with van der Waals surface area (Å²) in [5, 5.41) is 0. The number of nitrogens with zero attached hydrogens (tertiary/aromatic N) is 4. The molecule has 1 unspecified atom stereocenters. The highest BCUT2D eigenvalue weighted by atomic mass is 16.2. The van der Waals surface area contributed by atoms with Crippen molar-refractivity contribution in [2.24, 2.45) is 5.92 Å². The van der Waals surface area contributed by atoms with E-state index in [1.165, 1.54) is 0 Å². The number of carbonyl (C=O) groups is 2. The fourth-order valence-electron chi connectivity index (χ4n) is 4.48. The lowest BCUT2D eigenvalue weighted by molar-refractivity contribution is -0.138. The highest BCUT2D eigenvalue weighted by molar-refractivity contribution is 5.79. The van der Waals surface area contributed by atoms with Crippen molar-refractivity contribution < 1.29 is 9.59 Å². The number of aromatic nitrogens is 2. The Kier molecular flexibility index (Phi) is 6.69. The van der Waals surface area contributed by atoms with Gasteiger partial charge in [0.05, 0.1) is 12.2 Å². The van der Waals surface area contributed by atoms with Gasteiger partial charge in [-0.1, -0.05) is 30.3 Å². The molecule has 1 aliphatic carbocycles. The van der Waals surface area contributed by atoms with Crippen molar-refractivity contribution in [1.82, 2.24) is 24.7 Å². The van der Waals surface area contributed by atoms with Crippen LogP contribution in [-0.4, -0.2) is 83.3 Å². The van der Waals surface area contributed by atoms with Crippen LogP contribution in [0.5, 0.6) is 0 Å². The van der Waals surface area contributed by atoms with Crippen LogP contribution < -0.4 is 5.56 Å². The van der Waals surface area contributed by atoms with Crippen molar-refractivity contribution >= 4 is 11.8 Å². The van der Waals surface area contributed by atoms with Gasteiger partial charge in [-0.3, -0.25) is 19.3 Å². The molecule has 1 fully saturated rings. The van der Waals surface area contributed by atoms with Crippen LogP contribution in [0.25, 0.3) is 11.4 Å². The highest BCUT2D eigenvalue weighted by Gasteiger charge is 2.30. The van der Waals surface area contributed by atoms with Gasteiger partial charge in [-0.2, -0.15) is 0 Å². The predicted molar refractivity (Wildman–Crippen MR) is 122 cm³/mol. The number of hydrogen-bond acceptors (Lipinski definition) is 5. The van der Waals surface area contributed by atoms with Crippen LogP contribution in [-0.2, 0) is 22.4 Å². The summed E-state index contributed by atoms with van der Waals surface area (Å²) < 4.78 is 0. The van der Waals surface area contributed by atoms with Gasteiger partial charge in [0.1, 0.15) is 5.82 Å². The van der Waals surface area contributed by atoms with E-state index in [1.54, 1.807) is 19.0 Å². The molecule has 170 valence electrons. The minimum Gasteiger partial charge on any atom is -0.348 e. The Bertz CT molecular complexity index is 1030. The second kappa shape index (κ2) is 9.65. The number of rotatable bonds is 4. The smallest absolute Gasteiger partial charge is 0.254 e. The van der Waals surface area contributed by atoms with E-state index < -0.39 is 0 Å². The monoisotopic (exact) mass is 437 g/mol. The molecular weight excluding hydrogens is 406 g/mol. The van der Waals surface area contributed by atoms with Crippen LogP contribution in [0.15, 0.2) is 35.1 Å². The molecule has 2 amide bonds. The summed E-state index contributed by atoms with van der Waals surface area (Å²) in [6.07, 6.45) is 2.57. The lowest BCUT2D eigenvalue weighted by atomic mass is 9.97. The number of aryl methyl sites for hydroxylation is 1. The minimum atomic E-state index is -0.0984. The van der Waals surface area contributed by atoms with Gasteiger partial charge < -0.3 is 14.8 Å². The lowest BCUT2D eigenvalue weighted by Crippen LogP contribution is -2.52. The van der Waals surface area contributed by atoms with Gasteiger partial charge in [-0.25, -0.2) is 4.98 Å². The van der Waals surface area contributed by atoms with Crippen LogP contribution in [0, 0.1) is 5.92 Å². The van der Waals surface area contributed by atoms with E-state index in [0.717, 1.165) is 11.3 Å². The molecule has 1 atom stereocenters. The fraction of sp³-hybridized carbons (Fsp3) is 0.500. The summed E-state index contributed by atoms with van der Waals surface area (Å²) in [5.74, 6) is 0.733.